The molecule has 1 aliphatic carbocycles. The highest BCUT2D eigenvalue weighted by atomic mass is 32.2. The fraction of sp³-hybridized carbons (Fsp3) is 0.571. The van der Waals surface area contributed by atoms with E-state index in [1.807, 2.05) is 0 Å². The summed E-state index contributed by atoms with van der Waals surface area (Å²) in [5.41, 5.74) is 2.85. The average molecular weight is 297 g/mol. The monoisotopic (exact) mass is 297 g/mol. The van der Waals surface area contributed by atoms with Gasteiger partial charge in [0.25, 0.3) is 0 Å². The van der Waals surface area contributed by atoms with Crippen LogP contribution in [0.2, 0.25) is 0 Å². The number of nitrogens with two attached hydrogens (primary N) is 1. The zero-order valence-electron chi connectivity index (χ0n) is 11.8. The molecule has 0 spiro atoms. The maximum atomic E-state index is 12.4. The molecule has 6 heteroatoms. The first-order valence-electron chi connectivity index (χ1n) is 7.14. The molecule has 1 aromatic rings. The molecule has 1 fully saturated rings. The van der Waals surface area contributed by atoms with Crippen molar-refractivity contribution in [1.29, 1.82) is 0 Å². The van der Waals surface area contributed by atoms with Crippen molar-refractivity contribution >= 4 is 15.7 Å². The van der Waals surface area contributed by atoms with E-state index in [0.717, 1.165) is 31.6 Å². The highest BCUT2D eigenvalue weighted by Crippen LogP contribution is 2.28. The van der Waals surface area contributed by atoms with Gasteiger partial charge in [-0.05, 0) is 43.7 Å². The van der Waals surface area contributed by atoms with E-state index in [1.165, 1.54) is 6.42 Å². The summed E-state index contributed by atoms with van der Waals surface area (Å²) >= 11 is 0. The molecule has 0 bridgehead atoms. The minimum Gasteiger partial charge on any atom is -0.323 e. The van der Waals surface area contributed by atoms with Gasteiger partial charge in [0.2, 0.25) is 10.0 Å². The van der Waals surface area contributed by atoms with Gasteiger partial charge in [0.15, 0.2) is 0 Å². The van der Waals surface area contributed by atoms with E-state index < -0.39 is 10.0 Å². The van der Waals surface area contributed by atoms with Crippen molar-refractivity contribution in [1.82, 2.24) is 4.72 Å². The minimum atomic E-state index is -3.52. The van der Waals surface area contributed by atoms with Crippen molar-refractivity contribution in [3.63, 3.8) is 0 Å². The molecule has 1 saturated carbocycles. The number of hydrogen-bond acceptors (Lipinski definition) is 4. The first-order valence-corrected chi connectivity index (χ1v) is 8.63. The van der Waals surface area contributed by atoms with Gasteiger partial charge >= 0.3 is 0 Å². The maximum absolute atomic E-state index is 12.4. The highest BCUT2D eigenvalue weighted by molar-refractivity contribution is 7.89. The molecule has 5 nitrogen and oxygen atoms in total. The number of para-hydroxylation sites is 1. The van der Waals surface area contributed by atoms with Crippen LogP contribution in [0.3, 0.4) is 0 Å². The van der Waals surface area contributed by atoms with Crippen LogP contribution in [0.5, 0.6) is 0 Å². The van der Waals surface area contributed by atoms with Crippen molar-refractivity contribution in [3.05, 3.63) is 24.3 Å². The van der Waals surface area contributed by atoms with Crippen molar-refractivity contribution < 1.29 is 8.42 Å². The predicted octanol–water partition coefficient (Wildman–Crippen LogP) is 2.22. The lowest BCUT2D eigenvalue weighted by atomic mass is 9.85. The van der Waals surface area contributed by atoms with Crippen LogP contribution in [0.4, 0.5) is 5.69 Å². The number of anilines is 1. The van der Waals surface area contributed by atoms with Gasteiger partial charge in [0.1, 0.15) is 4.90 Å². The van der Waals surface area contributed by atoms with Crippen LogP contribution in [0.25, 0.3) is 0 Å². The first-order chi connectivity index (χ1) is 9.56. The van der Waals surface area contributed by atoms with Crippen LogP contribution in [-0.2, 0) is 10.0 Å². The van der Waals surface area contributed by atoms with Crippen molar-refractivity contribution in [3.8, 4) is 0 Å². The summed E-state index contributed by atoms with van der Waals surface area (Å²) in [5, 5.41) is 0. The minimum absolute atomic E-state index is 0.0358. The Labute approximate surface area is 121 Å². The summed E-state index contributed by atoms with van der Waals surface area (Å²) in [6, 6.07) is 6.70. The van der Waals surface area contributed by atoms with Crippen LogP contribution < -0.4 is 16.0 Å². The molecule has 112 valence electrons. The summed E-state index contributed by atoms with van der Waals surface area (Å²) in [4.78, 5) is 0.208. The molecule has 2 rings (SSSR count). The Morgan fingerprint density at radius 1 is 1.20 bits per heavy atom. The van der Waals surface area contributed by atoms with Crippen molar-refractivity contribution in [2.75, 3.05) is 5.43 Å². The number of sulfonamides is 1. The molecule has 0 aromatic heterocycles. The summed E-state index contributed by atoms with van der Waals surface area (Å²) in [5.74, 6) is 6.12. The second kappa shape index (κ2) is 6.56. The Hall–Kier alpha value is -1.11. The van der Waals surface area contributed by atoms with Crippen molar-refractivity contribution in [2.45, 2.75) is 50.0 Å². The van der Waals surface area contributed by atoms with Crippen LogP contribution in [-0.4, -0.2) is 14.5 Å². The molecule has 0 aliphatic heterocycles. The lowest BCUT2D eigenvalue weighted by molar-refractivity contribution is 0.306. The Kier molecular flexibility index (Phi) is 5.01. The van der Waals surface area contributed by atoms with Gasteiger partial charge in [-0.1, -0.05) is 25.5 Å². The number of nitrogens with one attached hydrogen (secondary N) is 2. The summed E-state index contributed by atoms with van der Waals surface area (Å²) < 4.78 is 27.7. The first kappa shape index (κ1) is 15.3. The highest BCUT2D eigenvalue weighted by Gasteiger charge is 2.26. The molecular formula is C14H23N3O2S. The van der Waals surface area contributed by atoms with E-state index in [-0.39, 0.29) is 10.9 Å². The zero-order valence-corrected chi connectivity index (χ0v) is 12.6. The van der Waals surface area contributed by atoms with Gasteiger partial charge in [-0.2, -0.15) is 0 Å². The molecular weight excluding hydrogens is 274 g/mol. The molecule has 0 saturated heterocycles. The number of hydrazine groups is 1. The van der Waals surface area contributed by atoms with Gasteiger partial charge < -0.3 is 5.43 Å². The Morgan fingerprint density at radius 3 is 2.45 bits per heavy atom. The van der Waals surface area contributed by atoms with E-state index in [1.54, 1.807) is 24.3 Å². The third-order valence-electron chi connectivity index (χ3n) is 4.08. The number of benzene rings is 1. The van der Waals surface area contributed by atoms with E-state index in [9.17, 15) is 8.42 Å². The van der Waals surface area contributed by atoms with E-state index in [4.69, 9.17) is 5.84 Å². The average Bonchev–Trinajstić information content (AvgIpc) is 2.47. The largest absolute Gasteiger partial charge is 0.323 e. The van der Waals surface area contributed by atoms with E-state index >= 15 is 0 Å². The summed E-state index contributed by atoms with van der Waals surface area (Å²) in [6.07, 6.45) is 5.20. The topological polar surface area (TPSA) is 84.2 Å². The quantitative estimate of drug-likeness (QED) is 0.575. The van der Waals surface area contributed by atoms with E-state index in [0.29, 0.717) is 5.69 Å². The maximum Gasteiger partial charge on any atom is 0.242 e. The summed E-state index contributed by atoms with van der Waals surface area (Å²) in [7, 11) is -3.52. The van der Waals surface area contributed by atoms with Crippen LogP contribution >= 0.6 is 0 Å². The molecule has 0 atom stereocenters. The fourth-order valence-electron chi connectivity index (χ4n) is 2.79. The number of hydrogen-bond donors (Lipinski definition) is 3. The van der Waals surface area contributed by atoms with Gasteiger partial charge in [0, 0.05) is 6.04 Å². The molecule has 1 aliphatic rings. The number of rotatable bonds is 5. The molecule has 0 radical (unpaired) electrons. The van der Waals surface area contributed by atoms with Crippen LogP contribution in [0.15, 0.2) is 29.2 Å². The van der Waals surface area contributed by atoms with Crippen LogP contribution in [0.1, 0.15) is 39.0 Å². The van der Waals surface area contributed by atoms with Gasteiger partial charge in [-0.3, -0.25) is 5.84 Å². The molecule has 0 unspecified atom stereocenters. The Balaban J connectivity index is 2.08. The predicted molar refractivity (Wildman–Crippen MR) is 80.6 cm³/mol. The van der Waals surface area contributed by atoms with Gasteiger partial charge in [-0.15, -0.1) is 0 Å². The second-order valence-corrected chi connectivity index (χ2v) is 7.07. The molecule has 1 aromatic carbocycles. The molecule has 4 N–H and O–H groups in total. The second-order valence-electron chi connectivity index (χ2n) is 5.39. The smallest absolute Gasteiger partial charge is 0.242 e. The standard InChI is InChI=1S/C14H23N3O2S/c1-2-11-7-9-12(10-8-11)17-20(18,19)14-6-4-3-5-13(14)16-15/h3-6,11-12,16-17H,2,7-10,15H2,1H3. The Morgan fingerprint density at radius 2 is 1.85 bits per heavy atom. The normalized spacial score (nSPS) is 23.5. The molecule has 20 heavy (non-hydrogen) atoms. The van der Waals surface area contributed by atoms with Gasteiger partial charge in [-0.25, -0.2) is 13.1 Å². The van der Waals surface area contributed by atoms with Crippen LogP contribution in [0, 0.1) is 5.92 Å². The lowest BCUT2D eigenvalue weighted by Crippen LogP contribution is -2.37. The Bertz CT molecular complexity index is 537. The zero-order chi connectivity index (χ0) is 14.6. The molecule has 0 heterocycles. The third-order valence-corrected chi connectivity index (χ3v) is 5.66. The van der Waals surface area contributed by atoms with Crippen molar-refractivity contribution in [2.24, 2.45) is 11.8 Å². The van der Waals surface area contributed by atoms with Gasteiger partial charge in [0.05, 0.1) is 5.69 Å². The van der Waals surface area contributed by atoms with E-state index in [2.05, 4.69) is 17.1 Å². The number of nitrogen functional groups attached to an aromatic ring is 1. The SMILES string of the molecule is CCC1CCC(NS(=O)(=O)c2ccccc2NN)CC1. The fourth-order valence-corrected chi connectivity index (χ4v) is 4.27. The third kappa shape index (κ3) is 3.50. The molecule has 0 amide bonds. The lowest BCUT2D eigenvalue weighted by Gasteiger charge is -2.28. The summed E-state index contributed by atoms with van der Waals surface area (Å²) in [6.45, 7) is 2.19.